The standard InChI is InChI=1S/C28H38N8O4/c1-28(2,3)40-26(37)30-12-6-16-39-22-10-8-20(9-11-22)32-25-23(17-29)31-18-24(33-25)35-13-5-7-21(19-35)36-15-14-34(4)27(36)38/h8-11,18,21H,5-7,12-16,19H2,1-4H3,(H,30,37)(H,32,33)/t21-/m1/s1. The Hall–Kier alpha value is -4.27. The minimum Gasteiger partial charge on any atom is -0.494 e. The van der Waals surface area contributed by atoms with Crippen LogP contribution >= 0.6 is 0 Å². The molecule has 0 saturated carbocycles. The number of hydrogen-bond donors (Lipinski definition) is 2. The Morgan fingerprint density at radius 2 is 1.98 bits per heavy atom. The molecule has 2 aromatic rings. The number of anilines is 3. The smallest absolute Gasteiger partial charge is 0.407 e. The van der Waals surface area contributed by atoms with Crippen molar-refractivity contribution in [3.8, 4) is 11.8 Å². The van der Waals surface area contributed by atoms with Crippen molar-refractivity contribution in [3.63, 3.8) is 0 Å². The first-order valence-corrected chi connectivity index (χ1v) is 13.6. The minimum atomic E-state index is -0.527. The summed E-state index contributed by atoms with van der Waals surface area (Å²) in [4.78, 5) is 39.1. The van der Waals surface area contributed by atoms with Crippen molar-refractivity contribution in [1.82, 2.24) is 25.1 Å². The molecule has 2 fully saturated rings. The molecule has 2 aliphatic heterocycles. The Bertz CT molecular complexity index is 1220. The molecule has 4 rings (SSSR count). The second kappa shape index (κ2) is 12.7. The first kappa shape index (κ1) is 28.7. The van der Waals surface area contributed by atoms with Gasteiger partial charge < -0.3 is 34.8 Å². The normalized spacial score (nSPS) is 17.4. The van der Waals surface area contributed by atoms with E-state index in [0.29, 0.717) is 43.5 Å². The summed E-state index contributed by atoms with van der Waals surface area (Å²) >= 11 is 0. The van der Waals surface area contributed by atoms with Gasteiger partial charge in [0.1, 0.15) is 23.2 Å². The van der Waals surface area contributed by atoms with Gasteiger partial charge in [-0.3, -0.25) is 0 Å². The van der Waals surface area contributed by atoms with Gasteiger partial charge >= 0.3 is 12.1 Å². The van der Waals surface area contributed by atoms with Gasteiger partial charge in [0, 0.05) is 45.5 Å². The molecule has 1 aromatic heterocycles. The topological polar surface area (TPSA) is 136 Å². The van der Waals surface area contributed by atoms with Gasteiger partial charge in [0.15, 0.2) is 11.5 Å². The van der Waals surface area contributed by atoms with Crippen molar-refractivity contribution in [2.24, 2.45) is 0 Å². The van der Waals surface area contributed by atoms with Crippen molar-refractivity contribution in [1.29, 1.82) is 5.26 Å². The Morgan fingerprint density at radius 1 is 1.20 bits per heavy atom. The summed E-state index contributed by atoms with van der Waals surface area (Å²) in [7, 11) is 1.83. The van der Waals surface area contributed by atoms with Gasteiger partial charge in [0.2, 0.25) is 0 Å². The van der Waals surface area contributed by atoms with Crippen molar-refractivity contribution >= 4 is 29.4 Å². The van der Waals surface area contributed by atoms with Crippen LogP contribution in [0.25, 0.3) is 0 Å². The third-order valence-electron chi connectivity index (χ3n) is 6.65. The molecule has 2 N–H and O–H groups in total. The van der Waals surface area contributed by atoms with Gasteiger partial charge in [-0.1, -0.05) is 0 Å². The Kier molecular flexibility index (Phi) is 9.14. The Balaban J connectivity index is 1.31. The summed E-state index contributed by atoms with van der Waals surface area (Å²) in [6.07, 6.45) is 3.72. The number of nitrogens with zero attached hydrogens (tertiary/aromatic N) is 6. The lowest BCUT2D eigenvalue weighted by Gasteiger charge is -2.37. The molecule has 40 heavy (non-hydrogen) atoms. The lowest BCUT2D eigenvalue weighted by atomic mass is 10.0. The van der Waals surface area contributed by atoms with Crippen molar-refractivity contribution in [2.75, 3.05) is 56.6 Å². The van der Waals surface area contributed by atoms with Crippen LogP contribution < -0.4 is 20.3 Å². The highest BCUT2D eigenvalue weighted by Gasteiger charge is 2.34. The molecule has 12 nitrogen and oxygen atoms in total. The molecule has 2 aliphatic rings. The van der Waals surface area contributed by atoms with E-state index in [4.69, 9.17) is 14.5 Å². The lowest BCUT2D eigenvalue weighted by Crippen LogP contribution is -2.49. The molecule has 3 amide bonds. The molecule has 0 radical (unpaired) electrons. The highest BCUT2D eigenvalue weighted by molar-refractivity contribution is 5.76. The van der Waals surface area contributed by atoms with E-state index in [1.165, 1.54) is 0 Å². The highest BCUT2D eigenvalue weighted by atomic mass is 16.6. The van der Waals surface area contributed by atoms with E-state index in [2.05, 4.69) is 26.6 Å². The number of amides is 3. The van der Waals surface area contributed by atoms with Crippen LogP contribution in [0.5, 0.6) is 5.75 Å². The van der Waals surface area contributed by atoms with Gasteiger partial charge in [0.25, 0.3) is 0 Å². The number of benzene rings is 1. The number of hydrogen-bond acceptors (Lipinski definition) is 9. The van der Waals surface area contributed by atoms with Crippen LogP contribution in [0.3, 0.4) is 0 Å². The second-order valence-electron chi connectivity index (χ2n) is 11.0. The number of carbonyl (C=O) groups is 2. The van der Waals surface area contributed by atoms with E-state index in [9.17, 15) is 14.9 Å². The molecule has 0 aliphatic carbocycles. The fourth-order valence-corrected chi connectivity index (χ4v) is 4.66. The fourth-order valence-electron chi connectivity index (χ4n) is 4.66. The van der Waals surface area contributed by atoms with Crippen LogP contribution in [0.4, 0.5) is 26.9 Å². The van der Waals surface area contributed by atoms with E-state index in [1.807, 2.05) is 57.0 Å². The number of carbonyl (C=O) groups excluding carboxylic acids is 2. The summed E-state index contributed by atoms with van der Waals surface area (Å²) < 4.78 is 11.0. The SMILES string of the molecule is CN1CCN([C@@H]2CCCN(c3cnc(C#N)c(Nc4ccc(OCCCNC(=O)OC(C)(C)C)cc4)n3)C2)C1=O. The van der Waals surface area contributed by atoms with Crippen molar-refractivity contribution in [3.05, 3.63) is 36.2 Å². The third kappa shape index (κ3) is 7.65. The van der Waals surface area contributed by atoms with E-state index in [-0.39, 0.29) is 17.8 Å². The number of nitrogens with one attached hydrogen (secondary N) is 2. The van der Waals surface area contributed by atoms with E-state index in [0.717, 1.165) is 38.2 Å². The van der Waals surface area contributed by atoms with Gasteiger partial charge in [-0.2, -0.15) is 5.26 Å². The third-order valence-corrected chi connectivity index (χ3v) is 6.65. The molecule has 0 spiro atoms. The molecule has 0 bridgehead atoms. The zero-order valence-corrected chi connectivity index (χ0v) is 23.6. The molecule has 3 heterocycles. The number of likely N-dealkylation sites (N-methyl/N-ethyl adjacent to an activating group) is 1. The molecule has 0 unspecified atom stereocenters. The number of alkyl carbamates (subject to hydrolysis) is 1. The Morgan fingerprint density at radius 3 is 2.65 bits per heavy atom. The highest BCUT2D eigenvalue weighted by Crippen LogP contribution is 2.26. The summed E-state index contributed by atoms with van der Waals surface area (Å²) in [5, 5.41) is 15.5. The number of urea groups is 1. The van der Waals surface area contributed by atoms with E-state index < -0.39 is 11.7 Å². The maximum atomic E-state index is 12.5. The molecule has 12 heteroatoms. The maximum Gasteiger partial charge on any atom is 0.407 e. The zero-order chi connectivity index (χ0) is 28.7. The summed E-state index contributed by atoms with van der Waals surface area (Å²) in [5.74, 6) is 1.73. The number of aromatic nitrogens is 2. The average molecular weight is 551 g/mol. The maximum absolute atomic E-state index is 12.5. The molecular formula is C28H38N8O4. The fraction of sp³-hybridized carbons (Fsp3) is 0.536. The van der Waals surface area contributed by atoms with E-state index in [1.54, 1.807) is 11.1 Å². The largest absolute Gasteiger partial charge is 0.494 e. The second-order valence-corrected chi connectivity index (χ2v) is 11.0. The summed E-state index contributed by atoms with van der Waals surface area (Å²) in [5.41, 5.74) is 0.413. The van der Waals surface area contributed by atoms with Crippen LogP contribution in [0.2, 0.25) is 0 Å². The van der Waals surface area contributed by atoms with Crippen LogP contribution in [0, 0.1) is 11.3 Å². The minimum absolute atomic E-state index is 0.0741. The molecule has 214 valence electrons. The first-order chi connectivity index (χ1) is 19.1. The molecule has 1 atom stereocenters. The predicted molar refractivity (Wildman–Crippen MR) is 151 cm³/mol. The molecular weight excluding hydrogens is 512 g/mol. The van der Waals surface area contributed by atoms with Crippen LogP contribution in [0.15, 0.2) is 30.5 Å². The Labute approximate surface area is 235 Å². The molecule has 2 saturated heterocycles. The van der Waals surface area contributed by atoms with Gasteiger partial charge in [-0.15, -0.1) is 0 Å². The monoisotopic (exact) mass is 550 g/mol. The number of rotatable bonds is 9. The summed E-state index contributed by atoms with van der Waals surface area (Å²) in [6.45, 7) is 9.32. The molecule has 1 aromatic carbocycles. The number of ether oxygens (including phenoxy) is 2. The van der Waals surface area contributed by atoms with Gasteiger partial charge in [0.05, 0.1) is 18.8 Å². The lowest BCUT2D eigenvalue weighted by molar-refractivity contribution is 0.0525. The average Bonchev–Trinajstić information content (AvgIpc) is 3.26. The van der Waals surface area contributed by atoms with Gasteiger partial charge in [-0.25, -0.2) is 19.6 Å². The zero-order valence-electron chi connectivity index (χ0n) is 23.6. The number of piperidine rings is 1. The number of nitriles is 1. The van der Waals surface area contributed by atoms with E-state index >= 15 is 0 Å². The van der Waals surface area contributed by atoms with Gasteiger partial charge in [-0.05, 0) is 64.3 Å². The first-order valence-electron chi connectivity index (χ1n) is 13.6. The quantitative estimate of drug-likeness (QED) is 0.448. The van der Waals surface area contributed by atoms with Crippen molar-refractivity contribution in [2.45, 2.75) is 51.7 Å². The van der Waals surface area contributed by atoms with Crippen LogP contribution in [-0.4, -0.2) is 89.9 Å². The van der Waals surface area contributed by atoms with Crippen molar-refractivity contribution < 1.29 is 19.1 Å². The van der Waals surface area contributed by atoms with Crippen LogP contribution in [0.1, 0.15) is 45.7 Å². The predicted octanol–water partition coefficient (Wildman–Crippen LogP) is 3.72. The summed E-state index contributed by atoms with van der Waals surface area (Å²) in [6, 6.07) is 9.64. The van der Waals surface area contributed by atoms with Crippen LogP contribution in [-0.2, 0) is 4.74 Å².